The zero-order valence-electron chi connectivity index (χ0n) is 18.1. The number of carbonyl (C=O) groups excluding carboxylic acids is 1. The number of hydrazone groups is 1. The van der Waals surface area contributed by atoms with Gasteiger partial charge in [-0.3, -0.25) is 4.79 Å². The lowest BCUT2D eigenvalue weighted by molar-refractivity contribution is -0.113. The fourth-order valence-corrected chi connectivity index (χ4v) is 6.66. The second-order valence-electron chi connectivity index (χ2n) is 8.18. The van der Waals surface area contributed by atoms with Crippen LogP contribution in [0.1, 0.15) is 37.3 Å². The zero-order chi connectivity index (χ0) is 22.8. The molecule has 2 aromatic carbocycles. The quantitative estimate of drug-likeness (QED) is 0.695. The normalized spacial score (nSPS) is 20.2. The standard InChI is InChI=1S/C23H25N5O3S2/c29-22(16-32-23-26-20-10-3-2-9-19(20)21-11-12-24-28(21)23)25-17-7-6-8-18(15-17)33(30,31)27-13-4-1-5-14-27/h2-3,6-10,12,15,21H,1,4-5,11,13-14,16H2,(H,25,29). The fraction of sp³-hybridized carbons (Fsp3) is 0.348. The molecule has 5 rings (SSSR count). The van der Waals surface area contributed by atoms with E-state index in [2.05, 4.69) is 16.5 Å². The van der Waals surface area contributed by atoms with Crippen molar-refractivity contribution >= 4 is 50.4 Å². The highest BCUT2D eigenvalue weighted by molar-refractivity contribution is 8.14. The predicted molar refractivity (Wildman–Crippen MR) is 131 cm³/mol. The lowest BCUT2D eigenvalue weighted by Crippen LogP contribution is -2.35. The van der Waals surface area contributed by atoms with Crippen molar-refractivity contribution < 1.29 is 13.2 Å². The average molecular weight is 484 g/mol. The Kier molecular flexibility index (Phi) is 6.22. The van der Waals surface area contributed by atoms with Crippen LogP contribution in [0.25, 0.3) is 0 Å². The number of piperidine rings is 1. The van der Waals surface area contributed by atoms with E-state index in [1.54, 1.807) is 18.2 Å². The van der Waals surface area contributed by atoms with Gasteiger partial charge in [-0.05, 0) is 37.1 Å². The first-order valence-electron chi connectivity index (χ1n) is 11.0. The largest absolute Gasteiger partial charge is 0.325 e. The van der Waals surface area contributed by atoms with Crippen LogP contribution in [0.3, 0.4) is 0 Å². The Morgan fingerprint density at radius 1 is 1.09 bits per heavy atom. The van der Waals surface area contributed by atoms with E-state index in [0.717, 1.165) is 36.9 Å². The molecule has 1 saturated heterocycles. The Labute approximate surface area is 197 Å². The number of hydrogen-bond donors (Lipinski definition) is 1. The third kappa shape index (κ3) is 4.55. The van der Waals surface area contributed by atoms with Crippen LogP contribution in [-0.2, 0) is 14.8 Å². The van der Waals surface area contributed by atoms with Gasteiger partial charge in [0.1, 0.15) is 0 Å². The molecule has 0 aromatic heterocycles. The fourth-order valence-electron chi connectivity index (χ4n) is 4.30. The van der Waals surface area contributed by atoms with E-state index in [4.69, 9.17) is 4.99 Å². The third-order valence-corrected chi connectivity index (χ3v) is 8.78. The van der Waals surface area contributed by atoms with Gasteiger partial charge in [0, 0.05) is 37.0 Å². The number of carbonyl (C=O) groups is 1. The van der Waals surface area contributed by atoms with Crippen molar-refractivity contribution in [2.75, 3.05) is 24.2 Å². The first-order chi connectivity index (χ1) is 16.0. The first kappa shape index (κ1) is 22.1. The van der Waals surface area contributed by atoms with Crippen LogP contribution >= 0.6 is 11.8 Å². The molecule has 3 aliphatic heterocycles. The number of para-hydroxylation sites is 1. The van der Waals surface area contributed by atoms with Gasteiger partial charge < -0.3 is 5.32 Å². The molecule has 0 bridgehead atoms. The minimum absolute atomic E-state index is 0.112. The summed E-state index contributed by atoms with van der Waals surface area (Å²) in [5, 5.41) is 9.81. The van der Waals surface area contributed by atoms with Crippen molar-refractivity contribution in [3.8, 4) is 0 Å². The van der Waals surface area contributed by atoms with Crippen molar-refractivity contribution in [3.63, 3.8) is 0 Å². The van der Waals surface area contributed by atoms with Crippen LogP contribution in [0.4, 0.5) is 11.4 Å². The minimum atomic E-state index is -3.55. The van der Waals surface area contributed by atoms with Crippen molar-refractivity contribution in [1.82, 2.24) is 9.31 Å². The van der Waals surface area contributed by atoms with Crippen LogP contribution in [0.15, 0.2) is 63.5 Å². The number of nitrogens with one attached hydrogen (secondary N) is 1. The molecule has 0 saturated carbocycles. The highest BCUT2D eigenvalue weighted by Gasteiger charge is 2.33. The lowest BCUT2D eigenvalue weighted by atomic mass is 10.0. The highest BCUT2D eigenvalue weighted by Crippen LogP contribution is 2.40. The number of hydrogen-bond acceptors (Lipinski definition) is 7. The number of rotatable bonds is 5. The van der Waals surface area contributed by atoms with E-state index in [-0.39, 0.29) is 22.6 Å². The van der Waals surface area contributed by atoms with Crippen LogP contribution in [-0.4, -0.2) is 53.9 Å². The molecule has 172 valence electrons. The van der Waals surface area contributed by atoms with Gasteiger partial charge in [0.05, 0.1) is 22.4 Å². The van der Waals surface area contributed by atoms with Crippen molar-refractivity contribution in [1.29, 1.82) is 0 Å². The van der Waals surface area contributed by atoms with Gasteiger partial charge in [0.2, 0.25) is 15.9 Å². The molecule has 2 aromatic rings. The molecule has 0 aliphatic carbocycles. The van der Waals surface area contributed by atoms with Crippen molar-refractivity contribution in [2.45, 2.75) is 36.6 Å². The molecule has 3 heterocycles. The topological polar surface area (TPSA) is 94.4 Å². The predicted octanol–water partition coefficient (Wildman–Crippen LogP) is 3.97. The van der Waals surface area contributed by atoms with Gasteiger partial charge in [-0.25, -0.2) is 18.4 Å². The molecule has 1 atom stereocenters. The van der Waals surface area contributed by atoms with Crippen LogP contribution in [0, 0.1) is 0 Å². The summed E-state index contributed by atoms with van der Waals surface area (Å²) in [6.07, 6.45) is 5.49. The molecule has 1 N–H and O–H groups in total. The molecule has 1 amide bonds. The number of aliphatic imine (C=N–C) groups is 1. The maximum atomic E-state index is 12.9. The second-order valence-corrected chi connectivity index (χ2v) is 11.1. The number of amides is 1. The summed E-state index contributed by atoms with van der Waals surface area (Å²) in [4.78, 5) is 17.5. The molecule has 0 radical (unpaired) electrons. The molecular weight excluding hydrogens is 458 g/mol. The number of nitrogens with zero attached hydrogens (tertiary/aromatic N) is 4. The first-order valence-corrected chi connectivity index (χ1v) is 13.5. The Bertz CT molecular complexity index is 1220. The van der Waals surface area contributed by atoms with Crippen LogP contribution < -0.4 is 5.32 Å². The molecule has 3 aliphatic rings. The molecule has 0 spiro atoms. The van der Waals surface area contributed by atoms with Gasteiger partial charge in [-0.15, -0.1) is 0 Å². The van der Waals surface area contributed by atoms with Crippen LogP contribution in [0.5, 0.6) is 0 Å². The lowest BCUT2D eigenvalue weighted by Gasteiger charge is -2.29. The number of fused-ring (bicyclic) bond motifs is 3. The van der Waals surface area contributed by atoms with Gasteiger partial charge in [-0.1, -0.05) is 42.4 Å². The Hall–Kier alpha value is -2.69. The summed E-state index contributed by atoms with van der Waals surface area (Å²) in [5.41, 5.74) is 2.50. The number of benzene rings is 2. The maximum Gasteiger partial charge on any atom is 0.243 e. The number of anilines is 1. The molecule has 33 heavy (non-hydrogen) atoms. The Morgan fingerprint density at radius 3 is 2.76 bits per heavy atom. The highest BCUT2D eigenvalue weighted by atomic mass is 32.2. The summed E-state index contributed by atoms with van der Waals surface area (Å²) < 4.78 is 27.4. The summed E-state index contributed by atoms with van der Waals surface area (Å²) in [6.45, 7) is 1.08. The smallest absolute Gasteiger partial charge is 0.243 e. The van der Waals surface area contributed by atoms with E-state index in [1.807, 2.05) is 29.4 Å². The second kappa shape index (κ2) is 9.28. The van der Waals surface area contributed by atoms with Crippen molar-refractivity contribution in [3.05, 3.63) is 54.1 Å². The van der Waals surface area contributed by atoms with Gasteiger partial charge >= 0.3 is 0 Å². The minimum Gasteiger partial charge on any atom is -0.325 e. The number of thioether (sulfide) groups is 1. The monoisotopic (exact) mass is 483 g/mol. The average Bonchev–Trinajstić information content (AvgIpc) is 3.34. The summed E-state index contributed by atoms with van der Waals surface area (Å²) in [6, 6.07) is 14.6. The van der Waals surface area contributed by atoms with Gasteiger partial charge in [0.25, 0.3) is 0 Å². The summed E-state index contributed by atoms with van der Waals surface area (Å²) >= 11 is 1.32. The molecular formula is C23H25N5O3S2. The number of sulfonamides is 1. The zero-order valence-corrected chi connectivity index (χ0v) is 19.7. The van der Waals surface area contributed by atoms with E-state index >= 15 is 0 Å². The molecule has 1 fully saturated rings. The molecule has 10 heteroatoms. The molecule has 1 unspecified atom stereocenters. The SMILES string of the molecule is O=C(CSC1=Nc2ccccc2C2CC=NN12)Nc1cccc(S(=O)(=O)N2CCCCC2)c1. The summed E-state index contributed by atoms with van der Waals surface area (Å²) in [5.74, 6) is -0.0862. The maximum absolute atomic E-state index is 12.9. The Balaban J connectivity index is 1.25. The van der Waals surface area contributed by atoms with Gasteiger partial charge in [0.15, 0.2) is 5.17 Å². The van der Waals surface area contributed by atoms with Gasteiger partial charge in [-0.2, -0.15) is 9.41 Å². The van der Waals surface area contributed by atoms with E-state index < -0.39 is 10.0 Å². The Morgan fingerprint density at radius 2 is 1.91 bits per heavy atom. The van der Waals surface area contributed by atoms with Crippen LogP contribution in [0.2, 0.25) is 0 Å². The van der Waals surface area contributed by atoms with E-state index in [9.17, 15) is 13.2 Å². The summed E-state index contributed by atoms with van der Waals surface area (Å²) in [7, 11) is -3.55. The molecule has 8 nitrogen and oxygen atoms in total. The van der Waals surface area contributed by atoms with E-state index in [1.165, 1.54) is 22.1 Å². The number of amidine groups is 1. The third-order valence-electron chi connectivity index (χ3n) is 5.94. The van der Waals surface area contributed by atoms with E-state index in [0.29, 0.717) is 23.9 Å². The van der Waals surface area contributed by atoms with Crippen molar-refractivity contribution in [2.24, 2.45) is 10.1 Å².